The third-order valence-corrected chi connectivity index (χ3v) is 6.70. The highest BCUT2D eigenvalue weighted by atomic mass is 16.5. The fourth-order valence-corrected chi connectivity index (χ4v) is 5.29. The average Bonchev–Trinajstić information content (AvgIpc) is 3.19. The van der Waals surface area contributed by atoms with Gasteiger partial charge in [-0.15, -0.1) is 0 Å². The minimum atomic E-state index is -0.312. The summed E-state index contributed by atoms with van der Waals surface area (Å²) in [6.07, 6.45) is 8.21. The summed E-state index contributed by atoms with van der Waals surface area (Å²) in [6, 6.07) is 8.47. The summed E-state index contributed by atoms with van der Waals surface area (Å²) in [4.78, 5) is 27.0. The van der Waals surface area contributed by atoms with Gasteiger partial charge in [0.05, 0.1) is 7.11 Å². The Bertz CT molecular complexity index is 719. The smallest absolute Gasteiger partial charge is 0.222 e. The number of methoxy groups -OCH3 is 1. The molecule has 3 atom stereocenters. The highest BCUT2D eigenvalue weighted by molar-refractivity contribution is 5.80. The molecule has 146 valence electrons. The van der Waals surface area contributed by atoms with Crippen LogP contribution in [-0.4, -0.2) is 41.9 Å². The van der Waals surface area contributed by atoms with Crippen LogP contribution in [0.25, 0.3) is 0 Å². The van der Waals surface area contributed by atoms with Crippen LogP contribution in [0.15, 0.2) is 24.3 Å². The van der Waals surface area contributed by atoms with Crippen LogP contribution in [0.5, 0.6) is 5.75 Å². The van der Waals surface area contributed by atoms with E-state index in [1.807, 2.05) is 18.2 Å². The van der Waals surface area contributed by atoms with Crippen molar-refractivity contribution in [2.45, 2.75) is 69.4 Å². The van der Waals surface area contributed by atoms with Gasteiger partial charge in [-0.1, -0.05) is 18.6 Å². The molecule has 1 aromatic carbocycles. The molecule has 5 heteroatoms. The summed E-state index contributed by atoms with van der Waals surface area (Å²) in [5, 5.41) is 3.20. The predicted molar refractivity (Wildman–Crippen MR) is 103 cm³/mol. The first kappa shape index (κ1) is 18.3. The van der Waals surface area contributed by atoms with Crippen LogP contribution in [0.4, 0.5) is 0 Å². The third-order valence-electron chi connectivity index (χ3n) is 6.70. The topological polar surface area (TPSA) is 58.6 Å². The van der Waals surface area contributed by atoms with Crippen molar-refractivity contribution >= 4 is 11.8 Å². The SMILES string of the molecule is COc1cccc(C[C@]2(CCC(=O)N3C[C@@H]4CCC[C@H]3C4)CCC(=O)N2)c1. The van der Waals surface area contributed by atoms with Gasteiger partial charge in [-0.3, -0.25) is 9.59 Å². The van der Waals surface area contributed by atoms with E-state index in [1.165, 1.54) is 19.3 Å². The lowest BCUT2D eigenvalue weighted by molar-refractivity contribution is -0.132. The molecule has 3 fully saturated rings. The number of fused-ring (bicyclic) bond motifs is 2. The van der Waals surface area contributed by atoms with Crippen LogP contribution in [0.2, 0.25) is 0 Å². The number of nitrogens with one attached hydrogen (secondary N) is 1. The summed E-state index contributed by atoms with van der Waals surface area (Å²) >= 11 is 0. The summed E-state index contributed by atoms with van der Waals surface area (Å²) in [7, 11) is 1.66. The van der Waals surface area contributed by atoms with Crippen LogP contribution in [-0.2, 0) is 16.0 Å². The lowest BCUT2D eigenvalue weighted by Gasteiger charge is -2.31. The number of nitrogens with zero attached hydrogens (tertiary/aromatic N) is 1. The normalized spacial score (nSPS) is 29.7. The molecule has 2 bridgehead atoms. The first-order valence-corrected chi connectivity index (χ1v) is 10.3. The van der Waals surface area contributed by atoms with E-state index in [1.54, 1.807) is 7.11 Å². The molecule has 5 nitrogen and oxygen atoms in total. The van der Waals surface area contributed by atoms with Crippen molar-refractivity contribution in [3.05, 3.63) is 29.8 Å². The molecule has 0 spiro atoms. The summed E-state index contributed by atoms with van der Waals surface area (Å²) in [5.74, 6) is 1.91. The van der Waals surface area contributed by atoms with Crippen molar-refractivity contribution < 1.29 is 14.3 Å². The zero-order valence-electron chi connectivity index (χ0n) is 16.2. The van der Waals surface area contributed by atoms with Gasteiger partial charge in [0.2, 0.25) is 11.8 Å². The van der Waals surface area contributed by atoms with Gasteiger partial charge in [-0.05, 0) is 62.1 Å². The third kappa shape index (κ3) is 3.97. The minimum Gasteiger partial charge on any atom is -0.497 e. The molecule has 3 aliphatic rings. The number of benzene rings is 1. The predicted octanol–water partition coefficient (Wildman–Crippen LogP) is 3.07. The molecule has 1 saturated carbocycles. The molecule has 1 aliphatic carbocycles. The molecule has 4 rings (SSSR count). The highest BCUT2D eigenvalue weighted by Gasteiger charge is 2.41. The minimum absolute atomic E-state index is 0.0994. The second-order valence-electron chi connectivity index (χ2n) is 8.59. The van der Waals surface area contributed by atoms with E-state index < -0.39 is 0 Å². The standard InChI is InChI=1S/C22H30N2O3/c1-27-19-7-3-4-16(13-19)14-22(10-8-20(25)23-22)11-9-21(26)24-15-17-5-2-6-18(24)12-17/h3-4,7,13,17-18H,2,5-6,8-12,14-15H2,1H3,(H,23,25)/t17-,18+,22-/m1/s1. The van der Waals surface area contributed by atoms with Crippen molar-refractivity contribution in [2.75, 3.05) is 13.7 Å². The largest absolute Gasteiger partial charge is 0.497 e. The van der Waals surface area contributed by atoms with Crippen molar-refractivity contribution in [3.63, 3.8) is 0 Å². The molecule has 2 aliphatic heterocycles. The Labute approximate surface area is 161 Å². The zero-order valence-corrected chi connectivity index (χ0v) is 16.2. The van der Waals surface area contributed by atoms with Gasteiger partial charge < -0.3 is 15.0 Å². The van der Waals surface area contributed by atoms with E-state index in [4.69, 9.17) is 4.74 Å². The van der Waals surface area contributed by atoms with Crippen LogP contribution in [0.3, 0.4) is 0 Å². The van der Waals surface area contributed by atoms with Gasteiger partial charge in [-0.2, -0.15) is 0 Å². The number of amides is 2. The van der Waals surface area contributed by atoms with E-state index in [9.17, 15) is 9.59 Å². The maximum absolute atomic E-state index is 12.9. The molecule has 2 saturated heterocycles. The average molecular weight is 370 g/mol. The van der Waals surface area contributed by atoms with Crippen LogP contribution < -0.4 is 10.1 Å². The molecule has 1 aromatic rings. The maximum Gasteiger partial charge on any atom is 0.222 e. The number of hydrogen-bond donors (Lipinski definition) is 1. The van der Waals surface area contributed by atoms with E-state index in [2.05, 4.69) is 16.3 Å². The number of carbonyl (C=O) groups is 2. The molecule has 0 aromatic heterocycles. The molecule has 0 radical (unpaired) electrons. The monoisotopic (exact) mass is 370 g/mol. The van der Waals surface area contributed by atoms with Gasteiger partial charge in [0.1, 0.15) is 5.75 Å². The van der Waals surface area contributed by atoms with Crippen LogP contribution >= 0.6 is 0 Å². The summed E-state index contributed by atoms with van der Waals surface area (Å²) in [5.41, 5.74) is 0.828. The van der Waals surface area contributed by atoms with E-state index in [0.29, 0.717) is 31.2 Å². The summed E-state index contributed by atoms with van der Waals surface area (Å²) < 4.78 is 5.33. The number of hydrogen-bond acceptors (Lipinski definition) is 3. The van der Waals surface area contributed by atoms with Crippen LogP contribution in [0.1, 0.15) is 56.9 Å². The van der Waals surface area contributed by atoms with Crippen molar-refractivity contribution in [1.29, 1.82) is 0 Å². The lowest BCUT2D eigenvalue weighted by atomic mass is 9.84. The van der Waals surface area contributed by atoms with Gasteiger partial charge >= 0.3 is 0 Å². The van der Waals surface area contributed by atoms with E-state index >= 15 is 0 Å². The fourth-order valence-electron chi connectivity index (χ4n) is 5.29. The first-order valence-electron chi connectivity index (χ1n) is 10.3. The second kappa shape index (κ2) is 7.53. The molecule has 27 heavy (non-hydrogen) atoms. The lowest BCUT2D eigenvalue weighted by Crippen LogP contribution is -2.45. The Morgan fingerprint density at radius 3 is 3.00 bits per heavy atom. The highest BCUT2D eigenvalue weighted by Crippen LogP contribution is 2.37. The van der Waals surface area contributed by atoms with Crippen molar-refractivity contribution in [3.8, 4) is 5.75 Å². The first-order chi connectivity index (χ1) is 13.1. The Balaban J connectivity index is 1.43. The maximum atomic E-state index is 12.9. The molecular weight excluding hydrogens is 340 g/mol. The molecule has 2 heterocycles. The molecule has 2 amide bonds. The van der Waals surface area contributed by atoms with Crippen LogP contribution in [0, 0.1) is 5.92 Å². The Morgan fingerprint density at radius 1 is 1.37 bits per heavy atom. The molecular formula is C22H30N2O3. The number of carbonyl (C=O) groups excluding carboxylic acids is 2. The summed E-state index contributed by atoms with van der Waals surface area (Å²) in [6.45, 7) is 0.943. The zero-order chi connectivity index (χ0) is 18.9. The van der Waals surface area contributed by atoms with Gasteiger partial charge in [0.15, 0.2) is 0 Å². The molecule has 1 N–H and O–H groups in total. The quantitative estimate of drug-likeness (QED) is 0.837. The van der Waals surface area contributed by atoms with Crippen molar-refractivity contribution in [1.82, 2.24) is 10.2 Å². The Kier molecular flexibility index (Phi) is 5.11. The van der Waals surface area contributed by atoms with E-state index in [0.717, 1.165) is 37.1 Å². The number of rotatable bonds is 6. The number of likely N-dealkylation sites (tertiary alicyclic amines) is 1. The van der Waals surface area contributed by atoms with Gasteiger partial charge in [0, 0.05) is 31.0 Å². The molecule has 0 unspecified atom stereocenters. The van der Waals surface area contributed by atoms with Gasteiger partial charge in [0.25, 0.3) is 0 Å². The fraction of sp³-hybridized carbons (Fsp3) is 0.636. The van der Waals surface area contributed by atoms with E-state index in [-0.39, 0.29) is 17.4 Å². The second-order valence-corrected chi connectivity index (χ2v) is 8.59. The Hall–Kier alpha value is -2.04. The van der Waals surface area contributed by atoms with Crippen molar-refractivity contribution in [2.24, 2.45) is 5.92 Å². The number of ether oxygens (including phenoxy) is 1. The van der Waals surface area contributed by atoms with Gasteiger partial charge in [-0.25, -0.2) is 0 Å². The Morgan fingerprint density at radius 2 is 2.26 bits per heavy atom.